The van der Waals surface area contributed by atoms with Crippen LogP contribution in [0.5, 0.6) is 11.5 Å². The highest BCUT2D eigenvalue weighted by Gasteiger charge is 2.16. The number of aromatic nitrogens is 3. The van der Waals surface area contributed by atoms with Crippen molar-refractivity contribution >= 4 is 40.9 Å². The van der Waals surface area contributed by atoms with Crippen LogP contribution < -0.4 is 20.1 Å². The van der Waals surface area contributed by atoms with Gasteiger partial charge in [0.05, 0.1) is 31.5 Å². The van der Waals surface area contributed by atoms with Gasteiger partial charge in [0, 0.05) is 17.8 Å². The van der Waals surface area contributed by atoms with E-state index in [1.807, 2.05) is 6.92 Å². The van der Waals surface area contributed by atoms with Crippen molar-refractivity contribution in [2.75, 3.05) is 25.3 Å². The number of amides is 2. The Kier molecular flexibility index (Phi) is 8.72. The van der Waals surface area contributed by atoms with Crippen LogP contribution in [0.4, 0.5) is 10.1 Å². The molecule has 0 unspecified atom stereocenters. The topological polar surface area (TPSA) is 107 Å². The Morgan fingerprint density at radius 3 is 2.56 bits per heavy atom. The number of benzene rings is 2. The third kappa shape index (κ3) is 6.17. The SMILES string of the molecule is CCn1c(CNC(=O)c2ccc(OC)c(OC)c2)nnc1SCC(=O)Nc1ccc(Cl)c(F)c1. The molecule has 3 aromatic rings. The van der Waals surface area contributed by atoms with Gasteiger partial charge in [-0.2, -0.15) is 0 Å². The van der Waals surface area contributed by atoms with Gasteiger partial charge in [-0.3, -0.25) is 9.59 Å². The second kappa shape index (κ2) is 11.7. The van der Waals surface area contributed by atoms with Gasteiger partial charge >= 0.3 is 0 Å². The molecular formula is C22H23ClFN5O4S. The molecule has 0 radical (unpaired) electrons. The molecular weight excluding hydrogens is 485 g/mol. The minimum absolute atomic E-state index is 0.0193. The van der Waals surface area contributed by atoms with Crippen molar-refractivity contribution in [1.29, 1.82) is 0 Å². The number of rotatable bonds is 10. The number of carbonyl (C=O) groups excluding carboxylic acids is 2. The summed E-state index contributed by atoms with van der Waals surface area (Å²) in [4.78, 5) is 24.8. The molecule has 3 rings (SSSR count). The minimum atomic E-state index is -0.613. The van der Waals surface area contributed by atoms with Crippen LogP contribution >= 0.6 is 23.4 Å². The first kappa shape index (κ1) is 25.3. The van der Waals surface area contributed by atoms with Crippen molar-refractivity contribution in [1.82, 2.24) is 20.1 Å². The molecule has 0 saturated carbocycles. The Hall–Kier alpha value is -3.31. The van der Waals surface area contributed by atoms with Crippen molar-refractivity contribution in [2.45, 2.75) is 25.2 Å². The van der Waals surface area contributed by atoms with Crippen LogP contribution in [-0.4, -0.2) is 46.6 Å². The monoisotopic (exact) mass is 507 g/mol. The Morgan fingerprint density at radius 2 is 1.88 bits per heavy atom. The number of carbonyl (C=O) groups is 2. The standard InChI is InChI=1S/C22H23ClFN5O4S/c1-4-29-19(11-25-21(31)13-5-8-17(32-2)18(9-13)33-3)27-28-22(29)34-12-20(30)26-14-6-7-15(23)16(24)10-14/h5-10H,4,11-12H2,1-3H3,(H,25,31)(H,26,30). The predicted octanol–water partition coefficient (Wildman–Crippen LogP) is 3.77. The quantitative estimate of drug-likeness (QED) is 0.402. The Morgan fingerprint density at radius 1 is 1.12 bits per heavy atom. The number of thioether (sulfide) groups is 1. The van der Waals surface area contributed by atoms with Crippen molar-refractivity contribution in [3.63, 3.8) is 0 Å². The molecule has 0 spiro atoms. The Labute approximate surface area is 205 Å². The third-order valence-corrected chi connectivity index (χ3v) is 5.97. The van der Waals surface area contributed by atoms with Crippen molar-refractivity contribution in [2.24, 2.45) is 0 Å². The fourth-order valence-electron chi connectivity index (χ4n) is 3.01. The zero-order chi connectivity index (χ0) is 24.7. The van der Waals surface area contributed by atoms with Gasteiger partial charge in [-0.1, -0.05) is 23.4 Å². The van der Waals surface area contributed by atoms with Gasteiger partial charge in [-0.05, 0) is 43.3 Å². The van der Waals surface area contributed by atoms with Crippen molar-refractivity contribution in [3.8, 4) is 11.5 Å². The lowest BCUT2D eigenvalue weighted by atomic mass is 10.2. The summed E-state index contributed by atoms with van der Waals surface area (Å²) in [5.41, 5.74) is 0.716. The van der Waals surface area contributed by atoms with Crippen LogP contribution in [0, 0.1) is 5.82 Å². The Bertz CT molecular complexity index is 1190. The van der Waals surface area contributed by atoms with Gasteiger partial charge in [0.15, 0.2) is 22.5 Å². The maximum absolute atomic E-state index is 13.5. The zero-order valence-electron chi connectivity index (χ0n) is 18.7. The smallest absolute Gasteiger partial charge is 0.251 e. The lowest BCUT2D eigenvalue weighted by Gasteiger charge is -2.11. The van der Waals surface area contributed by atoms with E-state index in [2.05, 4.69) is 20.8 Å². The second-order valence-corrected chi connectivity index (χ2v) is 8.21. The largest absolute Gasteiger partial charge is 0.493 e. The zero-order valence-corrected chi connectivity index (χ0v) is 20.3. The normalized spacial score (nSPS) is 10.6. The van der Waals surface area contributed by atoms with Crippen LogP contribution in [0.2, 0.25) is 5.02 Å². The van der Waals surface area contributed by atoms with Gasteiger partial charge in [-0.25, -0.2) is 4.39 Å². The molecule has 0 bridgehead atoms. The minimum Gasteiger partial charge on any atom is -0.493 e. The fourth-order valence-corrected chi connectivity index (χ4v) is 3.95. The van der Waals surface area contributed by atoms with E-state index in [0.717, 1.165) is 6.07 Å². The van der Waals surface area contributed by atoms with E-state index in [1.165, 1.54) is 38.1 Å². The maximum Gasteiger partial charge on any atom is 0.251 e. The number of hydrogen-bond acceptors (Lipinski definition) is 7. The van der Waals surface area contributed by atoms with Crippen LogP contribution in [0.1, 0.15) is 23.1 Å². The first-order valence-corrected chi connectivity index (χ1v) is 11.5. The van der Waals surface area contributed by atoms with Crippen LogP contribution in [0.3, 0.4) is 0 Å². The van der Waals surface area contributed by atoms with Crippen LogP contribution in [-0.2, 0) is 17.9 Å². The van der Waals surface area contributed by atoms with E-state index in [4.69, 9.17) is 21.1 Å². The summed E-state index contributed by atoms with van der Waals surface area (Å²) in [7, 11) is 3.02. The number of hydrogen-bond donors (Lipinski definition) is 2. The molecule has 2 amide bonds. The second-order valence-electron chi connectivity index (χ2n) is 6.86. The van der Waals surface area contributed by atoms with Crippen molar-refractivity contribution < 1.29 is 23.5 Å². The van der Waals surface area contributed by atoms with E-state index in [-0.39, 0.29) is 29.1 Å². The first-order valence-electron chi connectivity index (χ1n) is 10.2. The van der Waals surface area contributed by atoms with E-state index in [0.29, 0.717) is 40.3 Å². The average molecular weight is 508 g/mol. The van der Waals surface area contributed by atoms with Gasteiger partial charge in [0.2, 0.25) is 5.91 Å². The predicted molar refractivity (Wildman–Crippen MR) is 127 cm³/mol. The number of methoxy groups -OCH3 is 2. The average Bonchev–Trinajstić information content (AvgIpc) is 3.24. The van der Waals surface area contributed by atoms with E-state index >= 15 is 0 Å². The molecule has 0 saturated heterocycles. The van der Waals surface area contributed by atoms with E-state index < -0.39 is 5.82 Å². The molecule has 34 heavy (non-hydrogen) atoms. The van der Waals surface area contributed by atoms with Crippen LogP contribution in [0.25, 0.3) is 0 Å². The van der Waals surface area contributed by atoms with Gasteiger partial charge < -0.3 is 24.7 Å². The third-order valence-electron chi connectivity index (χ3n) is 4.70. The lowest BCUT2D eigenvalue weighted by Crippen LogP contribution is -2.25. The van der Waals surface area contributed by atoms with Gasteiger partial charge in [-0.15, -0.1) is 10.2 Å². The number of halogens is 2. The number of nitrogens with zero attached hydrogens (tertiary/aromatic N) is 3. The summed E-state index contributed by atoms with van der Waals surface area (Å²) in [5, 5.41) is 14.2. The molecule has 12 heteroatoms. The molecule has 2 aromatic carbocycles. The number of anilines is 1. The van der Waals surface area contributed by atoms with E-state index in [9.17, 15) is 14.0 Å². The van der Waals surface area contributed by atoms with Gasteiger partial charge in [0.25, 0.3) is 5.91 Å². The Balaban J connectivity index is 1.58. The molecule has 0 aliphatic carbocycles. The summed E-state index contributed by atoms with van der Waals surface area (Å²) in [6.45, 7) is 2.59. The first-order chi connectivity index (χ1) is 16.4. The van der Waals surface area contributed by atoms with Crippen LogP contribution in [0.15, 0.2) is 41.6 Å². The highest BCUT2D eigenvalue weighted by Crippen LogP contribution is 2.27. The molecule has 9 nitrogen and oxygen atoms in total. The molecule has 1 aromatic heterocycles. The highest BCUT2D eigenvalue weighted by atomic mass is 35.5. The molecule has 1 heterocycles. The highest BCUT2D eigenvalue weighted by molar-refractivity contribution is 7.99. The molecule has 180 valence electrons. The van der Waals surface area contributed by atoms with E-state index in [1.54, 1.807) is 22.8 Å². The molecule has 0 aliphatic rings. The number of ether oxygens (including phenoxy) is 2. The molecule has 0 aliphatic heterocycles. The summed E-state index contributed by atoms with van der Waals surface area (Å²) in [5.74, 6) is 0.301. The number of nitrogens with one attached hydrogen (secondary N) is 2. The summed E-state index contributed by atoms with van der Waals surface area (Å²) < 4.78 is 25.8. The molecule has 0 atom stereocenters. The summed E-state index contributed by atoms with van der Waals surface area (Å²) in [6.07, 6.45) is 0. The molecule has 0 fully saturated rings. The van der Waals surface area contributed by atoms with Crippen molar-refractivity contribution in [3.05, 3.63) is 58.6 Å². The van der Waals surface area contributed by atoms with Gasteiger partial charge in [0.1, 0.15) is 5.82 Å². The lowest BCUT2D eigenvalue weighted by molar-refractivity contribution is -0.113. The maximum atomic E-state index is 13.5. The molecule has 2 N–H and O–H groups in total. The summed E-state index contributed by atoms with van der Waals surface area (Å²) >= 11 is 6.83. The summed E-state index contributed by atoms with van der Waals surface area (Å²) in [6, 6.07) is 8.91. The fraction of sp³-hybridized carbons (Fsp3) is 0.273.